The van der Waals surface area contributed by atoms with Gasteiger partial charge in [-0.2, -0.15) is 5.26 Å². The number of aromatic nitrogens is 3. The highest BCUT2D eigenvalue weighted by molar-refractivity contribution is 9.10. The van der Waals surface area contributed by atoms with Crippen LogP contribution in [-0.2, 0) is 0 Å². The molecule has 4 nitrogen and oxygen atoms in total. The van der Waals surface area contributed by atoms with Crippen molar-refractivity contribution in [2.24, 2.45) is 0 Å². The molecule has 0 amide bonds. The van der Waals surface area contributed by atoms with Gasteiger partial charge in [-0.25, -0.2) is 9.97 Å². The predicted octanol–water partition coefficient (Wildman–Crippen LogP) is 3.03. The molecule has 3 rings (SSSR count). The van der Waals surface area contributed by atoms with Crippen molar-refractivity contribution in [1.29, 1.82) is 5.26 Å². The van der Waals surface area contributed by atoms with Gasteiger partial charge in [0.1, 0.15) is 16.4 Å². The molecule has 3 aromatic rings. The van der Waals surface area contributed by atoms with Crippen molar-refractivity contribution in [1.82, 2.24) is 14.4 Å². The third-order valence-corrected chi connectivity index (χ3v) is 3.39. The molecule has 2 heterocycles. The highest BCUT2D eigenvalue weighted by Crippen LogP contribution is 2.26. The minimum Gasteiger partial charge on any atom is -0.290 e. The van der Waals surface area contributed by atoms with E-state index in [9.17, 15) is 0 Å². The van der Waals surface area contributed by atoms with Crippen molar-refractivity contribution in [2.75, 3.05) is 0 Å². The van der Waals surface area contributed by atoms with Gasteiger partial charge in [-0.3, -0.25) is 4.40 Å². The molecule has 0 saturated heterocycles. The summed E-state index contributed by atoms with van der Waals surface area (Å²) in [7, 11) is 0. The second kappa shape index (κ2) is 4.24. The summed E-state index contributed by atoms with van der Waals surface area (Å²) in [5, 5.41) is 9.11. The summed E-state index contributed by atoms with van der Waals surface area (Å²) >= 11 is 3.37. The monoisotopic (exact) mass is 298 g/mol. The first-order chi connectivity index (χ1) is 8.81. The number of hydrogen-bond acceptors (Lipinski definition) is 3. The molecule has 0 aliphatic heterocycles. The first kappa shape index (κ1) is 10.9. The summed E-state index contributed by atoms with van der Waals surface area (Å²) < 4.78 is 2.44. The Morgan fingerprint density at radius 3 is 2.72 bits per heavy atom. The van der Waals surface area contributed by atoms with Gasteiger partial charge in [0.15, 0.2) is 11.3 Å². The fraction of sp³-hybridized carbons (Fsp3) is 0. The second-order valence-corrected chi connectivity index (χ2v) is 4.45. The van der Waals surface area contributed by atoms with Crippen LogP contribution in [0.25, 0.3) is 16.9 Å². The number of nitriles is 1. The van der Waals surface area contributed by atoms with Crippen LogP contribution in [0.1, 0.15) is 5.69 Å². The van der Waals surface area contributed by atoms with E-state index in [2.05, 4.69) is 32.0 Å². The zero-order valence-electron chi connectivity index (χ0n) is 9.21. The summed E-state index contributed by atoms with van der Waals surface area (Å²) in [6.07, 6.45) is 3.49. The van der Waals surface area contributed by atoms with Crippen molar-refractivity contribution in [3.63, 3.8) is 0 Å². The summed E-state index contributed by atoms with van der Waals surface area (Å²) in [5.41, 5.74) is 2.73. The standard InChI is InChI=1S/C13H7BrN4/c14-12-10(8-15)17-11(9-4-2-1-3-5-9)13-16-6-7-18(12)13/h1-7H. The van der Waals surface area contributed by atoms with Crippen molar-refractivity contribution in [2.45, 2.75) is 0 Å². The average molecular weight is 299 g/mol. The Labute approximate surface area is 112 Å². The van der Waals surface area contributed by atoms with E-state index in [1.807, 2.05) is 34.7 Å². The molecule has 0 spiro atoms. The second-order valence-electron chi connectivity index (χ2n) is 3.70. The normalized spacial score (nSPS) is 10.4. The molecule has 0 bridgehead atoms. The molecule has 0 aliphatic rings. The SMILES string of the molecule is N#Cc1nc(-c2ccccc2)c2nccn2c1Br. The van der Waals surface area contributed by atoms with E-state index < -0.39 is 0 Å². The number of imidazole rings is 1. The summed E-state index contributed by atoms with van der Waals surface area (Å²) in [4.78, 5) is 8.66. The molecule has 0 atom stereocenters. The lowest BCUT2D eigenvalue weighted by Crippen LogP contribution is -1.98. The van der Waals surface area contributed by atoms with E-state index in [0.717, 1.165) is 11.2 Å². The largest absolute Gasteiger partial charge is 0.290 e. The number of benzene rings is 1. The number of hydrogen-bond donors (Lipinski definition) is 0. The molecular weight excluding hydrogens is 292 g/mol. The maximum atomic E-state index is 9.11. The lowest BCUT2D eigenvalue weighted by molar-refractivity contribution is 1.07. The van der Waals surface area contributed by atoms with Crippen LogP contribution in [0.5, 0.6) is 0 Å². The molecule has 0 aliphatic carbocycles. The Morgan fingerprint density at radius 2 is 2.00 bits per heavy atom. The lowest BCUT2D eigenvalue weighted by atomic mass is 10.1. The van der Waals surface area contributed by atoms with E-state index in [-0.39, 0.29) is 0 Å². The average Bonchev–Trinajstić information content (AvgIpc) is 2.90. The third-order valence-electron chi connectivity index (χ3n) is 2.64. The van der Waals surface area contributed by atoms with Gasteiger partial charge in [0, 0.05) is 18.0 Å². The molecule has 0 radical (unpaired) electrons. The minimum absolute atomic E-state index is 0.347. The van der Waals surface area contributed by atoms with Gasteiger partial charge < -0.3 is 0 Å². The highest BCUT2D eigenvalue weighted by Gasteiger charge is 2.13. The van der Waals surface area contributed by atoms with E-state index in [1.54, 1.807) is 12.4 Å². The molecule has 18 heavy (non-hydrogen) atoms. The van der Waals surface area contributed by atoms with E-state index >= 15 is 0 Å². The highest BCUT2D eigenvalue weighted by atomic mass is 79.9. The van der Waals surface area contributed by atoms with E-state index in [0.29, 0.717) is 16.0 Å². The van der Waals surface area contributed by atoms with Crippen molar-refractivity contribution < 1.29 is 0 Å². The van der Waals surface area contributed by atoms with Gasteiger partial charge >= 0.3 is 0 Å². The third kappa shape index (κ3) is 1.59. The van der Waals surface area contributed by atoms with E-state index in [1.165, 1.54) is 0 Å². The fourth-order valence-electron chi connectivity index (χ4n) is 1.82. The first-order valence-corrected chi connectivity index (χ1v) is 6.08. The summed E-state index contributed by atoms with van der Waals surface area (Å²) in [5.74, 6) is 0. The molecule has 0 N–H and O–H groups in total. The number of fused-ring (bicyclic) bond motifs is 1. The maximum absolute atomic E-state index is 9.11. The van der Waals surface area contributed by atoms with Gasteiger partial charge in [0.05, 0.1) is 0 Å². The summed E-state index contributed by atoms with van der Waals surface area (Å²) in [6.45, 7) is 0. The summed E-state index contributed by atoms with van der Waals surface area (Å²) in [6, 6.07) is 11.8. The molecular formula is C13H7BrN4. The maximum Gasteiger partial charge on any atom is 0.172 e. The Hall–Kier alpha value is -2.19. The topological polar surface area (TPSA) is 54.0 Å². The molecule has 2 aromatic heterocycles. The van der Waals surface area contributed by atoms with E-state index in [4.69, 9.17) is 5.26 Å². The zero-order valence-corrected chi connectivity index (χ0v) is 10.8. The van der Waals surface area contributed by atoms with Crippen molar-refractivity contribution in [3.8, 4) is 17.3 Å². The molecule has 1 aromatic carbocycles. The van der Waals surface area contributed by atoms with Gasteiger partial charge in [-0.05, 0) is 15.9 Å². The molecule has 0 saturated carbocycles. The number of halogens is 1. The molecule has 0 fully saturated rings. The van der Waals surface area contributed by atoms with Crippen molar-refractivity contribution in [3.05, 3.63) is 53.0 Å². The zero-order chi connectivity index (χ0) is 12.5. The van der Waals surface area contributed by atoms with Crippen LogP contribution in [0.2, 0.25) is 0 Å². The Kier molecular flexibility index (Phi) is 2.58. The van der Waals surface area contributed by atoms with Crippen LogP contribution < -0.4 is 0 Å². The number of nitrogens with zero attached hydrogens (tertiary/aromatic N) is 4. The fourth-order valence-corrected chi connectivity index (χ4v) is 2.28. The van der Waals surface area contributed by atoms with Crippen LogP contribution >= 0.6 is 15.9 Å². The number of rotatable bonds is 1. The Balaban J connectivity index is 2.40. The van der Waals surface area contributed by atoms with Gasteiger partial charge in [-0.15, -0.1) is 0 Å². The Bertz CT molecular complexity index is 756. The smallest absolute Gasteiger partial charge is 0.172 e. The van der Waals surface area contributed by atoms with Crippen LogP contribution in [0.3, 0.4) is 0 Å². The predicted molar refractivity (Wildman–Crippen MR) is 70.8 cm³/mol. The van der Waals surface area contributed by atoms with Crippen LogP contribution in [0.4, 0.5) is 0 Å². The molecule has 86 valence electrons. The van der Waals surface area contributed by atoms with Crippen LogP contribution in [0, 0.1) is 11.3 Å². The van der Waals surface area contributed by atoms with Gasteiger partial charge in [-0.1, -0.05) is 30.3 Å². The first-order valence-electron chi connectivity index (χ1n) is 5.29. The van der Waals surface area contributed by atoms with Gasteiger partial charge in [0.2, 0.25) is 0 Å². The quantitative estimate of drug-likeness (QED) is 0.694. The van der Waals surface area contributed by atoms with Gasteiger partial charge in [0.25, 0.3) is 0 Å². The molecule has 5 heteroatoms. The Morgan fingerprint density at radius 1 is 1.22 bits per heavy atom. The van der Waals surface area contributed by atoms with Crippen LogP contribution in [0.15, 0.2) is 47.3 Å². The van der Waals surface area contributed by atoms with Crippen LogP contribution in [-0.4, -0.2) is 14.4 Å². The molecule has 0 unspecified atom stereocenters. The van der Waals surface area contributed by atoms with Crippen molar-refractivity contribution >= 4 is 21.6 Å². The lowest BCUT2D eigenvalue weighted by Gasteiger charge is -2.06. The minimum atomic E-state index is 0.347.